The molecule has 0 radical (unpaired) electrons. The van der Waals surface area contributed by atoms with Gasteiger partial charge in [0.2, 0.25) is 5.91 Å². The van der Waals surface area contributed by atoms with E-state index in [4.69, 9.17) is 15.9 Å². The smallest absolute Gasteiger partial charge is 0.343 e. The lowest BCUT2D eigenvalue weighted by Gasteiger charge is -2.20. The average molecular weight is 289 g/mol. The summed E-state index contributed by atoms with van der Waals surface area (Å²) in [7, 11) is 1.26. The molecule has 0 fully saturated rings. The van der Waals surface area contributed by atoms with Crippen molar-refractivity contribution in [1.82, 2.24) is 0 Å². The molecular formula is C16H19NO4. The van der Waals surface area contributed by atoms with Crippen LogP contribution in [0.5, 0.6) is 5.75 Å². The van der Waals surface area contributed by atoms with Gasteiger partial charge in [-0.2, -0.15) is 0 Å². The van der Waals surface area contributed by atoms with Crippen molar-refractivity contribution < 1.29 is 19.1 Å². The number of carbonyl (C=O) groups excluding carboxylic acids is 2. The van der Waals surface area contributed by atoms with E-state index in [9.17, 15) is 9.59 Å². The molecule has 1 rings (SSSR count). The molecule has 1 amide bonds. The topological polar surface area (TPSA) is 64.6 Å². The first-order chi connectivity index (χ1) is 9.81. The molecule has 5 nitrogen and oxygen atoms in total. The Bertz CT molecular complexity index is 579. The standard InChI is InChI=1S/C16H19NO4/c1-6-10-21-12-9-7-8-11(13(12)14(18)20-5)17-15(19)16(2,3)4/h1,7-9H,10H2,2-5H3,(H,17,19). The van der Waals surface area contributed by atoms with Gasteiger partial charge in [0.25, 0.3) is 0 Å². The molecule has 0 saturated carbocycles. The van der Waals surface area contributed by atoms with Crippen molar-refractivity contribution >= 4 is 17.6 Å². The van der Waals surface area contributed by atoms with Crippen LogP contribution in [0.4, 0.5) is 5.69 Å². The molecule has 1 aromatic carbocycles. The van der Waals surface area contributed by atoms with E-state index in [1.165, 1.54) is 7.11 Å². The monoisotopic (exact) mass is 289 g/mol. The summed E-state index contributed by atoms with van der Waals surface area (Å²) in [4.78, 5) is 24.0. The number of ether oxygens (including phenoxy) is 2. The summed E-state index contributed by atoms with van der Waals surface area (Å²) in [6.07, 6.45) is 5.15. The molecule has 112 valence electrons. The zero-order chi connectivity index (χ0) is 16.0. The van der Waals surface area contributed by atoms with E-state index in [2.05, 4.69) is 11.2 Å². The van der Waals surface area contributed by atoms with E-state index in [1.807, 2.05) is 0 Å². The zero-order valence-corrected chi connectivity index (χ0v) is 12.6. The number of hydrogen-bond acceptors (Lipinski definition) is 4. The fraction of sp³-hybridized carbons (Fsp3) is 0.375. The van der Waals surface area contributed by atoms with Crippen LogP contribution in [0.15, 0.2) is 18.2 Å². The van der Waals surface area contributed by atoms with E-state index in [-0.39, 0.29) is 23.8 Å². The van der Waals surface area contributed by atoms with Crippen LogP contribution in [0, 0.1) is 17.8 Å². The van der Waals surface area contributed by atoms with Crippen molar-refractivity contribution in [2.45, 2.75) is 20.8 Å². The van der Waals surface area contributed by atoms with Crippen LogP contribution in [-0.2, 0) is 9.53 Å². The lowest BCUT2D eigenvalue weighted by Crippen LogP contribution is -2.28. The van der Waals surface area contributed by atoms with E-state index in [1.54, 1.807) is 39.0 Å². The Morgan fingerprint density at radius 1 is 1.33 bits per heavy atom. The Kier molecular flexibility index (Phi) is 5.37. The first-order valence-electron chi connectivity index (χ1n) is 6.40. The number of methoxy groups -OCH3 is 1. The molecule has 1 aromatic rings. The maximum absolute atomic E-state index is 12.1. The maximum atomic E-state index is 12.1. The molecule has 21 heavy (non-hydrogen) atoms. The van der Waals surface area contributed by atoms with Gasteiger partial charge in [0.05, 0.1) is 12.8 Å². The molecule has 0 unspecified atom stereocenters. The Morgan fingerprint density at radius 3 is 2.52 bits per heavy atom. The van der Waals surface area contributed by atoms with Gasteiger partial charge in [-0.3, -0.25) is 4.79 Å². The van der Waals surface area contributed by atoms with Crippen molar-refractivity contribution in [2.75, 3.05) is 19.0 Å². The average Bonchev–Trinajstić information content (AvgIpc) is 2.43. The quantitative estimate of drug-likeness (QED) is 0.683. The van der Waals surface area contributed by atoms with Crippen molar-refractivity contribution in [3.63, 3.8) is 0 Å². The summed E-state index contributed by atoms with van der Waals surface area (Å²) < 4.78 is 10.1. The van der Waals surface area contributed by atoms with Crippen LogP contribution in [-0.4, -0.2) is 25.6 Å². The van der Waals surface area contributed by atoms with Gasteiger partial charge < -0.3 is 14.8 Å². The summed E-state index contributed by atoms with van der Waals surface area (Å²) in [5.74, 6) is 1.77. The summed E-state index contributed by atoms with van der Waals surface area (Å²) in [5, 5.41) is 2.71. The number of nitrogens with one attached hydrogen (secondary N) is 1. The van der Waals surface area contributed by atoms with Crippen LogP contribution in [0.3, 0.4) is 0 Å². The van der Waals surface area contributed by atoms with Gasteiger partial charge in [0, 0.05) is 5.41 Å². The number of carbonyl (C=O) groups is 2. The maximum Gasteiger partial charge on any atom is 0.343 e. The molecule has 0 aliphatic rings. The fourth-order valence-corrected chi connectivity index (χ4v) is 1.50. The van der Waals surface area contributed by atoms with Crippen molar-refractivity contribution in [2.24, 2.45) is 5.41 Å². The second kappa shape index (κ2) is 6.80. The van der Waals surface area contributed by atoms with Crippen LogP contribution >= 0.6 is 0 Å². The highest BCUT2D eigenvalue weighted by atomic mass is 16.5. The highest BCUT2D eigenvalue weighted by Crippen LogP contribution is 2.29. The molecule has 0 atom stereocenters. The van der Waals surface area contributed by atoms with Gasteiger partial charge in [0.15, 0.2) is 0 Å². The number of hydrogen-bond donors (Lipinski definition) is 1. The Labute approximate surface area is 124 Å². The first-order valence-corrected chi connectivity index (χ1v) is 6.40. The number of anilines is 1. The summed E-state index contributed by atoms with van der Waals surface area (Å²) >= 11 is 0. The second-order valence-electron chi connectivity index (χ2n) is 5.37. The second-order valence-corrected chi connectivity index (χ2v) is 5.37. The largest absolute Gasteiger partial charge is 0.480 e. The Balaban J connectivity index is 3.22. The van der Waals surface area contributed by atoms with Crippen molar-refractivity contribution in [3.8, 4) is 18.1 Å². The van der Waals surface area contributed by atoms with Gasteiger partial charge in [0.1, 0.15) is 17.9 Å². The number of terminal acetylenes is 1. The number of benzene rings is 1. The van der Waals surface area contributed by atoms with E-state index >= 15 is 0 Å². The van der Waals surface area contributed by atoms with Crippen LogP contribution in [0.1, 0.15) is 31.1 Å². The fourth-order valence-electron chi connectivity index (χ4n) is 1.50. The third kappa shape index (κ3) is 4.25. The highest BCUT2D eigenvalue weighted by Gasteiger charge is 2.25. The van der Waals surface area contributed by atoms with Crippen LogP contribution < -0.4 is 10.1 Å². The molecule has 0 saturated heterocycles. The molecule has 0 bridgehead atoms. The molecular weight excluding hydrogens is 270 g/mol. The lowest BCUT2D eigenvalue weighted by atomic mass is 9.95. The normalized spacial score (nSPS) is 10.4. The Morgan fingerprint density at radius 2 is 2.00 bits per heavy atom. The minimum atomic E-state index is -0.605. The van der Waals surface area contributed by atoms with Crippen molar-refractivity contribution in [1.29, 1.82) is 0 Å². The van der Waals surface area contributed by atoms with Gasteiger partial charge in [-0.15, -0.1) is 6.42 Å². The van der Waals surface area contributed by atoms with Crippen LogP contribution in [0.2, 0.25) is 0 Å². The predicted octanol–water partition coefficient (Wildman–Crippen LogP) is 2.47. The van der Waals surface area contributed by atoms with E-state index < -0.39 is 11.4 Å². The Hall–Kier alpha value is -2.48. The van der Waals surface area contributed by atoms with Gasteiger partial charge in [-0.1, -0.05) is 32.8 Å². The predicted molar refractivity (Wildman–Crippen MR) is 80.2 cm³/mol. The molecule has 0 aliphatic heterocycles. The zero-order valence-electron chi connectivity index (χ0n) is 12.6. The van der Waals surface area contributed by atoms with Gasteiger partial charge in [-0.25, -0.2) is 4.79 Å². The van der Waals surface area contributed by atoms with Crippen LogP contribution in [0.25, 0.3) is 0 Å². The minimum absolute atomic E-state index is 0.0145. The van der Waals surface area contributed by atoms with E-state index in [0.29, 0.717) is 5.69 Å². The SMILES string of the molecule is C#CCOc1cccc(NC(=O)C(C)(C)C)c1C(=O)OC. The molecule has 0 aromatic heterocycles. The van der Waals surface area contributed by atoms with Crippen molar-refractivity contribution in [3.05, 3.63) is 23.8 Å². The number of esters is 1. The van der Waals surface area contributed by atoms with Gasteiger partial charge >= 0.3 is 5.97 Å². The summed E-state index contributed by atoms with van der Waals surface area (Å²) in [5.41, 5.74) is -0.118. The van der Waals surface area contributed by atoms with Gasteiger partial charge in [-0.05, 0) is 12.1 Å². The number of amides is 1. The first kappa shape index (κ1) is 16.6. The molecule has 1 N–H and O–H groups in total. The summed E-state index contributed by atoms with van der Waals surface area (Å²) in [6.45, 7) is 5.34. The minimum Gasteiger partial charge on any atom is -0.480 e. The molecule has 5 heteroatoms. The lowest BCUT2D eigenvalue weighted by molar-refractivity contribution is -0.123. The third-order valence-electron chi connectivity index (χ3n) is 2.66. The molecule has 0 heterocycles. The molecule has 0 aliphatic carbocycles. The number of rotatable bonds is 4. The molecule has 0 spiro atoms. The third-order valence-corrected chi connectivity index (χ3v) is 2.66. The van der Waals surface area contributed by atoms with E-state index in [0.717, 1.165) is 0 Å². The summed E-state index contributed by atoms with van der Waals surface area (Å²) in [6, 6.07) is 4.87. The highest BCUT2D eigenvalue weighted by molar-refractivity contribution is 6.04.